The molecule has 0 saturated heterocycles. The van der Waals surface area contributed by atoms with E-state index in [-0.39, 0.29) is 24.0 Å². The topological polar surface area (TPSA) is 49.3 Å². The van der Waals surface area contributed by atoms with Gasteiger partial charge < -0.3 is 10.4 Å². The Kier molecular flexibility index (Phi) is 4.44. The fourth-order valence-electron chi connectivity index (χ4n) is 3.19. The van der Waals surface area contributed by atoms with Crippen molar-refractivity contribution in [1.82, 2.24) is 5.32 Å². The molecular weight excluding hydrogens is 226 g/mol. The number of aliphatic hydroxyl groups is 1. The molecule has 0 spiro atoms. The molecule has 0 heterocycles. The minimum atomic E-state index is -0.155. The SMILES string of the molecule is CC1=CC[C@H](C(=O)NC2CCC(O)CC2)[C@@H](C)C1. The van der Waals surface area contributed by atoms with Crippen molar-refractivity contribution in [2.24, 2.45) is 11.8 Å². The fourth-order valence-corrected chi connectivity index (χ4v) is 3.19. The van der Waals surface area contributed by atoms with Crippen LogP contribution in [0.25, 0.3) is 0 Å². The van der Waals surface area contributed by atoms with Gasteiger partial charge in [0.2, 0.25) is 5.91 Å². The molecule has 2 aliphatic carbocycles. The first-order valence-electron chi connectivity index (χ1n) is 7.20. The summed E-state index contributed by atoms with van der Waals surface area (Å²) in [5.74, 6) is 0.803. The maximum Gasteiger partial charge on any atom is 0.223 e. The Bertz CT molecular complexity index is 329. The zero-order valence-electron chi connectivity index (χ0n) is 11.5. The van der Waals surface area contributed by atoms with Gasteiger partial charge in [0.1, 0.15) is 0 Å². The number of carbonyl (C=O) groups excluding carboxylic acids is 1. The number of hydrogen-bond donors (Lipinski definition) is 2. The first-order valence-corrected chi connectivity index (χ1v) is 7.20. The van der Waals surface area contributed by atoms with Crippen molar-refractivity contribution in [3.8, 4) is 0 Å². The smallest absolute Gasteiger partial charge is 0.223 e. The standard InChI is InChI=1S/C15H25NO2/c1-10-3-8-14(11(2)9-10)15(18)16-12-4-6-13(17)7-5-12/h3,11-14,17H,4-9H2,1-2H3,(H,16,18)/t11-,12?,13?,14-/m0/s1. The predicted octanol–water partition coefficient (Wildman–Crippen LogP) is 2.40. The minimum absolute atomic E-state index is 0.139. The molecule has 0 aromatic carbocycles. The van der Waals surface area contributed by atoms with E-state index < -0.39 is 0 Å². The summed E-state index contributed by atoms with van der Waals surface area (Å²) in [6.07, 6.45) is 7.46. The van der Waals surface area contributed by atoms with Gasteiger partial charge in [-0.3, -0.25) is 4.79 Å². The molecule has 2 N–H and O–H groups in total. The van der Waals surface area contributed by atoms with Crippen LogP contribution in [0.4, 0.5) is 0 Å². The average molecular weight is 251 g/mol. The van der Waals surface area contributed by atoms with Crippen LogP contribution in [0.3, 0.4) is 0 Å². The Morgan fingerprint density at radius 2 is 2.00 bits per heavy atom. The van der Waals surface area contributed by atoms with Crippen LogP contribution in [0.5, 0.6) is 0 Å². The lowest BCUT2D eigenvalue weighted by molar-refractivity contribution is -0.127. The third kappa shape index (κ3) is 3.35. The first kappa shape index (κ1) is 13.6. The monoisotopic (exact) mass is 251 g/mol. The van der Waals surface area contributed by atoms with E-state index in [1.54, 1.807) is 0 Å². The highest BCUT2D eigenvalue weighted by molar-refractivity contribution is 5.79. The van der Waals surface area contributed by atoms with Crippen molar-refractivity contribution in [2.75, 3.05) is 0 Å². The number of aliphatic hydroxyl groups excluding tert-OH is 1. The zero-order chi connectivity index (χ0) is 13.1. The molecule has 0 aromatic heterocycles. The normalized spacial score (nSPS) is 36.9. The van der Waals surface area contributed by atoms with Crippen molar-refractivity contribution in [2.45, 2.75) is 64.5 Å². The van der Waals surface area contributed by atoms with E-state index in [0.717, 1.165) is 38.5 Å². The van der Waals surface area contributed by atoms with Crippen molar-refractivity contribution in [3.63, 3.8) is 0 Å². The molecule has 3 nitrogen and oxygen atoms in total. The van der Waals surface area contributed by atoms with E-state index in [2.05, 4.69) is 25.2 Å². The molecule has 3 heteroatoms. The summed E-state index contributed by atoms with van der Waals surface area (Å²) in [7, 11) is 0. The minimum Gasteiger partial charge on any atom is -0.393 e. The quantitative estimate of drug-likeness (QED) is 0.740. The van der Waals surface area contributed by atoms with Gasteiger partial charge in [-0.1, -0.05) is 18.6 Å². The van der Waals surface area contributed by atoms with Crippen LogP contribution in [-0.4, -0.2) is 23.2 Å². The van der Waals surface area contributed by atoms with Crippen LogP contribution in [0.15, 0.2) is 11.6 Å². The van der Waals surface area contributed by atoms with Crippen LogP contribution in [0.1, 0.15) is 52.4 Å². The lowest BCUT2D eigenvalue weighted by Gasteiger charge is -2.31. The van der Waals surface area contributed by atoms with Gasteiger partial charge >= 0.3 is 0 Å². The largest absolute Gasteiger partial charge is 0.393 e. The molecule has 2 atom stereocenters. The Morgan fingerprint density at radius 3 is 2.61 bits per heavy atom. The Hall–Kier alpha value is -0.830. The van der Waals surface area contributed by atoms with E-state index >= 15 is 0 Å². The zero-order valence-corrected chi connectivity index (χ0v) is 11.5. The highest BCUT2D eigenvalue weighted by atomic mass is 16.3. The predicted molar refractivity (Wildman–Crippen MR) is 72.1 cm³/mol. The van der Waals surface area contributed by atoms with Crippen molar-refractivity contribution in [1.29, 1.82) is 0 Å². The van der Waals surface area contributed by atoms with Crippen molar-refractivity contribution < 1.29 is 9.90 Å². The molecule has 0 aromatic rings. The molecular formula is C15H25NO2. The molecule has 0 bridgehead atoms. The van der Waals surface area contributed by atoms with Crippen molar-refractivity contribution >= 4 is 5.91 Å². The summed E-state index contributed by atoms with van der Waals surface area (Å²) in [4.78, 5) is 12.3. The number of rotatable bonds is 2. The van der Waals surface area contributed by atoms with E-state index in [0.29, 0.717) is 5.92 Å². The summed E-state index contributed by atoms with van der Waals surface area (Å²) in [6, 6.07) is 0.278. The van der Waals surface area contributed by atoms with Crippen LogP contribution < -0.4 is 5.32 Å². The molecule has 1 saturated carbocycles. The Balaban J connectivity index is 1.84. The summed E-state index contributed by atoms with van der Waals surface area (Å²) in [5, 5.41) is 12.6. The lowest BCUT2D eigenvalue weighted by Crippen LogP contribution is -2.43. The van der Waals surface area contributed by atoms with E-state index in [1.807, 2.05) is 0 Å². The third-order valence-corrected chi connectivity index (χ3v) is 4.43. The van der Waals surface area contributed by atoms with Gasteiger partial charge in [-0.05, 0) is 51.4 Å². The van der Waals surface area contributed by atoms with Gasteiger partial charge in [0.25, 0.3) is 0 Å². The van der Waals surface area contributed by atoms with Gasteiger partial charge in [0.15, 0.2) is 0 Å². The summed E-state index contributed by atoms with van der Waals surface area (Å²) in [5.41, 5.74) is 1.41. The first-order chi connectivity index (χ1) is 8.56. The van der Waals surface area contributed by atoms with Gasteiger partial charge in [0.05, 0.1) is 6.10 Å². The highest BCUT2D eigenvalue weighted by Gasteiger charge is 2.29. The fraction of sp³-hybridized carbons (Fsp3) is 0.800. The maximum atomic E-state index is 12.3. The summed E-state index contributed by atoms with van der Waals surface area (Å²) >= 11 is 0. The van der Waals surface area contributed by atoms with Gasteiger partial charge in [-0.2, -0.15) is 0 Å². The summed E-state index contributed by atoms with van der Waals surface area (Å²) in [6.45, 7) is 4.32. The molecule has 0 unspecified atom stereocenters. The lowest BCUT2D eigenvalue weighted by atomic mass is 9.80. The second-order valence-electron chi connectivity index (χ2n) is 6.09. The molecule has 2 rings (SSSR count). The van der Waals surface area contributed by atoms with Crippen LogP contribution in [0, 0.1) is 11.8 Å². The Morgan fingerprint density at radius 1 is 1.33 bits per heavy atom. The van der Waals surface area contributed by atoms with Crippen molar-refractivity contribution in [3.05, 3.63) is 11.6 Å². The van der Waals surface area contributed by atoms with Gasteiger partial charge in [0, 0.05) is 12.0 Å². The van der Waals surface area contributed by atoms with Gasteiger partial charge in [-0.15, -0.1) is 0 Å². The highest BCUT2D eigenvalue weighted by Crippen LogP contribution is 2.29. The molecule has 1 fully saturated rings. The number of allylic oxidation sites excluding steroid dienone is 2. The Labute approximate surface area is 110 Å². The van der Waals surface area contributed by atoms with Gasteiger partial charge in [-0.25, -0.2) is 0 Å². The molecule has 2 aliphatic rings. The second-order valence-corrected chi connectivity index (χ2v) is 6.09. The van der Waals surface area contributed by atoms with Crippen LogP contribution >= 0.6 is 0 Å². The molecule has 1 amide bonds. The van der Waals surface area contributed by atoms with E-state index in [4.69, 9.17) is 0 Å². The van der Waals surface area contributed by atoms with Crippen LogP contribution in [-0.2, 0) is 4.79 Å². The molecule has 0 aliphatic heterocycles. The average Bonchev–Trinajstić information content (AvgIpc) is 2.32. The third-order valence-electron chi connectivity index (χ3n) is 4.43. The number of carbonyl (C=O) groups is 1. The molecule has 18 heavy (non-hydrogen) atoms. The number of hydrogen-bond acceptors (Lipinski definition) is 2. The van der Waals surface area contributed by atoms with Crippen LogP contribution in [0.2, 0.25) is 0 Å². The van der Waals surface area contributed by atoms with E-state index in [9.17, 15) is 9.90 Å². The molecule has 0 radical (unpaired) electrons. The maximum absolute atomic E-state index is 12.3. The van der Waals surface area contributed by atoms with E-state index in [1.165, 1.54) is 5.57 Å². The number of nitrogens with one attached hydrogen (secondary N) is 1. The second kappa shape index (κ2) is 5.87. The summed E-state index contributed by atoms with van der Waals surface area (Å²) < 4.78 is 0. The molecule has 102 valence electrons. The number of amides is 1.